The quantitative estimate of drug-likeness (QED) is 0.636. The van der Waals surface area contributed by atoms with Gasteiger partial charge in [-0.25, -0.2) is 9.97 Å². The van der Waals surface area contributed by atoms with Crippen LogP contribution in [-0.4, -0.2) is 21.8 Å². The number of anilines is 4. The van der Waals surface area contributed by atoms with Gasteiger partial charge in [-0.2, -0.15) is 0 Å². The van der Waals surface area contributed by atoms with E-state index in [4.69, 9.17) is 0 Å². The van der Waals surface area contributed by atoms with Crippen LogP contribution in [0.4, 0.5) is 23.0 Å². The molecule has 1 aliphatic heterocycles. The largest absolute Gasteiger partial charge is 0.339 e. The third kappa shape index (κ3) is 2.90. The third-order valence-electron chi connectivity index (χ3n) is 3.73. The summed E-state index contributed by atoms with van der Waals surface area (Å²) in [5.41, 5.74) is 1.89. The number of amides is 2. The van der Waals surface area contributed by atoms with Crippen LogP contribution in [0.15, 0.2) is 60.9 Å². The Hall–Kier alpha value is -3.74. The lowest BCUT2D eigenvalue weighted by Crippen LogP contribution is -2.19. The average Bonchev–Trinajstić information content (AvgIpc) is 2.90. The summed E-state index contributed by atoms with van der Waals surface area (Å²) >= 11 is 0. The lowest BCUT2D eigenvalue weighted by atomic mass is 10.1. The first-order valence-corrected chi connectivity index (χ1v) is 7.60. The highest BCUT2D eigenvalue weighted by molar-refractivity contribution is 6.22. The van der Waals surface area contributed by atoms with E-state index in [9.17, 15) is 9.59 Å². The lowest BCUT2D eigenvalue weighted by molar-refractivity contribution is 0.0879. The number of nitrogens with zero attached hydrogens (tertiary/aromatic N) is 2. The van der Waals surface area contributed by atoms with Crippen LogP contribution in [0.2, 0.25) is 0 Å². The minimum absolute atomic E-state index is 0.329. The number of carbonyl (C=O) groups is 2. The van der Waals surface area contributed by atoms with Crippen molar-refractivity contribution in [2.45, 2.75) is 0 Å². The zero-order valence-corrected chi connectivity index (χ0v) is 13.0. The van der Waals surface area contributed by atoms with E-state index in [0.717, 1.165) is 0 Å². The number of hydrogen-bond donors (Lipinski definition) is 3. The number of carbonyl (C=O) groups excluding carboxylic acids is 2. The highest BCUT2D eigenvalue weighted by Gasteiger charge is 2.28. The van der Waals surface area contributed by atoms with Crippen molar-refractivity contribution in [3.63, 3.8) is 0 Å². The molecular weight excluding hydrogens is 318 g/mol. The summed E-state index contributed by atoms with van der Waals surface area (Å²) in [5, 5.41) is 8.63. The zero-order valence-electron chi connectivity index (χ0n) is 13.0. The molecule has 7 heteroatoms. The Morgan fingerprint density at radius 1 is 0.720 bits per heavy atom. The van der Waals surface area contributed by atoms with E-state index >= 15 is 0 Å². The monoisotopic (exact) mass is 331 g/mol. The van der Waals surface area contributed by atoms with Gasteiger partial charge in [0.25, 0.3) is 11.8 Å². The van der Waals surface area contributed by atoms with Crippen molar-refractivity contribution in [2.75, 3.05) is 10.6 Å². The van der Waals surface area contributed by atoms with E-state index in [2.05, 4.69) is 25.9 Å². The topological polar surface area (TPSA) is 96.0 Å². The predicted octanol–water partition coefficient (Wildman–Crippen LogP) is 2.85. The number of aromatic nitrogens is 2. The molecule has 0 aliphatic carbocycles. The van der Waals surface area contributed by atoms with Crippen molar-refractivity contribution in [1.29, 1.82) is 0 Å². The Morgan fingerprint density at radius 3 is 1.60 bits per heavy atom. The summed E-state index contributed by atoms with van der Waals surface area (Å²) in [7, 11) is 0. The minimum Gasteiger partial charge on any atom is -0.339 e. The molecule has 0 spiro atoms. The normalized spacial score (nSPS) is 12.5. The van der Waals surface area contributed by atoms with Gasteiger partial charge in [0.15, 0.2) is 0 Å². The van der Waals surface area contributed by atoms with Crippen LogP contribution >= 0.6 is 0 Å². The molecule has 0 unspecified atom stereocenters. The van der Waals surface area contributed by atoms with Crippen LogP contribution in [0.3, 0.4) is 0 Å². The SMILES string of the molecule is O=C1NC(=O)c2cc(Nc3ccccn3)c(Nc3ccccn3)cc21. The van der Waals surface area contributed by atoms with Gasteiger partial charge in [-0.15, -0.1) is 0 Å². The van der Waals surface area contributed by atoms with Gasteiger partial charge in [0.2, 0.25) is 0 Å². The smallest absolute Gasteiger partial charge is 0.259 e. The molecule has 0 saturated carbocycles. The number of benzene rings is 1. The summed E-state index contributed by atoms with van der Waals surface area (Å²) in [5.74, 6) is 0.425. The van der Waals surface area contributed by atoms with Gasteiger partial charge in [-0.1, -0.05) is 12.1 Å². The molecule has 3 aromatic rings. The van der Waals surface area contributed by atoms with E-state index < -0.39 is 11.8 Å². The van der Waals surface area contributed by atoms with Crippen molar-refractivity contribution in [3.8, 4) is 0 Å². The first kappa shape index (κ1) is 14.8. The van der Waals surface area contributed by atoms with Crippen molar-refractivity contribution in [1.82, 2.24) is 15.3 Å². The van der Waals surface area contributed by atoms with Gasteiger partial charge in [-0.05, 0) is 36.4 Å². The number of fused-ring (bicyclic) bond motifs is 1. The highest BCUT2D eigenvalue weighted by atomic mass is 16.2. The Morgan fingerprint density at radius 2 is 1.20 bits per heavy atom. The van der Waals surface area contributed by atoms with Gasteiger partial charge >= 0.3 is 0 Å². The molecule has 0 bridgehead atoms. The standard InChI is InChI=1S/C18H13N5O2/c24-17-11-9-13(21-15-5-1-3-7-19-15)14(10-12(11)18(25)23-17)22-16-6-2-4-8-20-16/h1-10H,(H,19,21)(H,20,22)(H,23,24,25). The van der Waals surface area contributed by atoms with Crippen molar-refractivity contribution in [3.05, 3.63) is 72.1 Å². The van der Waals surface area contributed by atoms with E-state index in [1.165, 1.54) is 0 Å². The summed E-state index contributed by atoms with van der Waals surface area (Å²) < 4.78 is 0. The molecule has 1 aromatic carbocycles. The molecule has 122 valence electrons. The maximum absolute atomic E-state index is 11.9. The maximum Gasteiger partial charge on any atom is 0.259 e. The zero-order chi connectivity index (χ0) is 17.2. The van der Waals surface area contributed by atoms with Crippen molar-refractivity contribution >= 4 is 34.8 Å². The molecule has 3 N–H and O–H groups in total. The van der Waals surface area contributed by atoms with Gasteiger partial charge < -0.3 is 10.6 Å². The average molecular weight is 331 g/mol. The summed E-state index contributed by atoms with van der Waals surface area (Å²) in [6.07, 6.45) is 3.33. The van der Waals surface area contributed by atoms with Gasteiger partial charge in [0.05, 0.1) is 22.5 Å². The summed E-state index contributed by atoms with van der Waals surface area (Å²) in [6, 6.07) is 14.2. The molecule has 25 heavy (non-hydrogen) atoms. The van der Waals surface area contributed by atoms with Crippen LogP contribution in [-0.2, 0) is 0 Å². The van der Waals surface area contributed by atoms with E-state index in [-0.39, 0.29) is 0 Å². The van der Waals surface area contributed by atoms with Gasteiger partial charge in [0.1, 0.15) is 11.6 Å². The summed E-state index contributed by atoms with van der Waals surface area (Å²) in [6.45, 7) is 0. The molecule has 2 amide bonds. The second-order valence-electron chi connectivity index (χ2n) is 5.41. The molecule has 1 aliphatic rings. The van der Waals surface area contributed by atoms with Crippen LogP contribution < -0.4 is 16.0 Å². The number of pyridine rings is 2. The summed E-state index contributed by atoms with van der Waals surface area (Å²) in [4.78, 5) is 32.3. The molecule has 4 rings (SSSR count). The number of imide groups is 1. The Labute approximate surface area is 143 Å². The van der Waals surface area contributed by atoms with E-state index in [0.29, 0.717) is 34.1 Å². The molecule has 0 fully saturated rings. The number of nitrogens with one attached hydrogen (secondary N) is 3. The highest BCUT2D eigenvalue weighted by Crippen LogP contribution is 2.32. The fourth-order valence-electron chi connectivity index (χ4n) is 2.57. The number of hydrogen-bond acceptors (Lipinski definition) is 6. The van der Waals surface area contributed by atoms with Crippen LogP contribution in [0.5, 0.6) is 0 Å². The first-order valence-electron chi connectivity index (χ1n) is 7.60. The van der Waals surface area contributed by atoms with Gasteiger partial charge in [-0.3, -0.25) is 14.9 Å². The molecule has 0 radical (unpaired) electrons. The molecule has 2 aromatic heterocycles. The second-order valence-corrected chi connectivity index (χ2v) is 5.41. The van der Waals surface area contributed by atoms with Crippen LogP contribution in [0.1, 0.15) is 20.7 Å². The molecule has 0 atom stereocenters. The molecule has 7 nitrogen and oxygen atoms in total. The third-order valence-corrected chi connectivity index (χ3v) is 3.73. The molecular formula is C18H13N5O2. The Balaban J connectivity index is 1.78. The minimum atomic E-state index is -0.409. The Kier molecular flexibility index (Phi) is 3.59. The first-order chi connectivity index (χ1) is 12.2. The lowest BCUT2D eigenvalue weighted by Gasteiger charge is -2.14. The fraction of sp³-hybridized carbons (Fsp3) is 0. The fourth-order valence-corrected chi connectivity index (χ4v) is 2.57. The van der Waals surface area contributed by atoms with E-state index in [1.807, 2.05) is 36.4 Å². The Bertz CT molecular complexity index is 879. The molecule has 0 saturated heterocycles. The molecule has 3 heterocycles. The maximum atomic E-state index is 11.9. The van der Waals surface area contributed by atoms with Crippen molar-refractivity contribution in [2.24, 2.45) is 0 Å². The van der Waals surface area contributed by atoms with E-state index in [1.54, 1.807) is 24.5 Å². The van der Waals surface area contributed by atoms with Crippen LogP contribution in [0.25, 0.3) is 0 Å². The van der Waals surface area contributed by atoms with Crippen molar-refractivity contribution < 1.29 is 9.59 Å². The van der Waals surface area contributed by atoms with Crippen LogP contribution in [0, 0.1) is 0 Å². The van der Waals surface area contributed by atoms with Gasteiger partial charge in [0, 0.05) is 12.4 Å². The predicted molar refractivity (Wildman–Crippen MR) is 93.3 cm³/mol. The second kappa shape index (κ2) is 6.04. The number of rotatable bonds is 4.